The topological polar surface area (TPSA) is 114 Å². The van der Waals surface area contributed by atoms with Crippen LogP contribution in [0.25, 0.3) is 0 Å². The fraction of sp³-hybridized carbons (Fsp3) is 0.588. The number of benzene rings is 1. The number of nitrogens with one attached hydrogen (secondary N) is 1. The standard InChI is InChI=1S/C26H34ClN7O2.C8H14FN/c1-5-16-9-6-7-10-17(16)21-13-19-18(14-33(21)4)24(31-26(36)30-19)34-12-8-11-29-20(15-34)22(27)23(28)25(35)32(2)3;1-8-3-2-4-10(8)6-7(9)5-8/h6-7,9-10,21H,5,8,11-15,28H2,1-4H3,(H,30,31,36);7H,2-6H2,1H3/b23-22+;/t;7?,8-/m.0/s1. The molecule has 2 fully saturated rings. The molecule has 3 N–H and O–H groups in total. The minimum atomic E-state index is -0.551. The van der Waals surface area contributed by atoms with Crippen molar-refractivity contribution in [3.05, 3.63) is 67.9 Å². The van der Waals surface area contributed by atoms with Gasteiger partial charge in [-0.1, -0.05) is 42.8 Å². The van der Waals surface area contributed by atoms with Crippen LogP contribution in [-0.4, -0.2) is 102 Å². The second kappa shape index (κ2) is 14.2. The third-order valence-corrected chi connectivity index (χ3v) is 10.3. The molecule has 2 unspecified atom stereocenters. The smallest absolute Gasteiger partial charge is 0.347 e. The van der Waals surface area contributed by atoms with Crippen molar-refractivity contribution in [3.63, 3.8) is 0 Å². The number of H-pyrrole nitrogens is 1. The Bertz CT molecular complexity index is 1560. The van der Waals surface area contributed by atoms with Crippen LogP contribution in [0.3, 0.4) is 0 Å². The van der Waals surface area contributed by atoms with Crippen molar-refractivity contribution in [2.75, 3.05) is 58.8 Å². The molecule has 1 aromatic carbocycles. The van der Waals surface area contributed by atoms with Gasteiger partial charge < -0.3 is 20.5 Å². The molecule has 0 bridgehead atoms. The Labute approximate surface area is 276 Å². The summed E-state index contributed by atoms with van der Waals surface area (Å²) in [7, 11) is 5.35. The van der Waals surface area contributed by atoms with Gasteiger partial charge in [-0.05, 0) is 63.7 Å². The highest BCUT2D eigenvalue weighted by molar-refractivity contribution is 6.45. The number of likely N-dealkylation sites (N-methyl/N-ethyl adjacent to an activating group) is 2. The lowest BCUT2D eigenvalue weighted by molar-refractivity contribution is -0.124. The number of carbonyl (C=O) groups excluding carboxylic acids is 1. The number of nitrogens with zero attached hydrogens (tertiary/aromatic N) is 6. The van der Waals surface area contributed by atoms with Crippen molar-refractivity contribution in [3.8, 4) is 0 Å². The first kappa shape index (κ1) is 34.1. The van der Waals surface area contributed by atoms with Crippen molar-refractivity contribution in [2.45, 2.75) is 76.7 Å². The van der Waals surface area contributed by atoms with Crippen LogP contribution < -0.4 is 16.3 Å². The lowest BCUT2D eigenvalue weighted by atomic mass is 9.90. The Morgan fingerprint density at radius 2 is 1.98 bits per heavy atom. The lowest BCUT2D eigenvalue weighted by Crippen LogP contribution is -2.39. The van der Waals surface area contributed by atoms with Gasteiger partial charge >= 0.3 is 5.69 Å². The maximum Gasteiger partial charge on any atom is 0.347 e. The average molecular weight is 655 g/mol. The predicted molar refractivity (Wildman–Crippen MR) is 182 cm³/mol. The molecule has 2 aromatic rings. The molecular formula is C34H48ClFN8O2. The summed E-state index contributed by atoms with van der Waals surface area (Å²) < 4.78 is 12.8. The summed E-state index contributed by atoms with van der Waals surface area (Å²) in [5, 5.41) is 0.146. The fourth-order valence-electron chi connectivity index (χ4n) is 7.37. The molecule has 2 saturated heterocycles. The van der Waals surface area contributed by atoms with Crippen LogP contribution in [0.15, 0.2) is 44.8 Å². The van der Waals surface area contributed by atoms with Crippen LogP contribution in [0.4, 0.5) is 10.2 Å². The predicted octanol–water partition coefficient (Wildman–Crippen LogP) is 3.79. The van der Waals surface area contributed by atoms with E-state index in [4.69, 9.17) is 17.3 Å². The Morgan fingerprint density at radius 3 is 2.70 bits per heavy atom. The SMILES string of the molecule is CCc1ccccc1C1Cc2[nH]c(=O)nc(N3CCCN=C(/C(Cl)=C(\N)C(=O)N(C)C)C3)c2CN1C.C[C@@]12CCCN1CC(F)C2. The highest BCUT2D eigenvalue weighted by Crippen LogP contribution is 2.39. The molecule has 4 aliphatic heterocycles. The van der Waals surface area contributed by atoms with Gasteiger partial charge in [-0.3, -0.25) is 19.6 Å². The highest BCUT2D eigenvalue weighted by atomic mass is 35.5. The molecule has 0 radical (unpaired) electrons. The third-order valence-electron chi connectivity index (χ3n) is 9.87. The van der Waals surface area contributed by atoms with Crippen LogP contribution in [0.5, 0.6) is 0 Å². The molecule has 250 valence electrons. The molecule has 4 aliphatic rings. The highest BCUT2D eigenvalue weighted by Gasteiger charge is 2.44. The molecule has 1 amide bonds. The summed E-state index contributed by atoms with van der Waals surface area (Å²) in [6.45, 7) is 8.34. The summed E-state index contributed by atoms with van der Waals surface area (Å²) in [4.78, 5) is 45.1. The van der Waals surface area contributed by atoms with E-state index in [9.17, 15) is 14.0 Å². The zero-order valence-corrected chi connectivity index (χ0v) is 28.5. The van der Waals surface area contributed by atoms with Gasteiger partial charge in [0.2, 0.25) is 0 Å². The molecule has 0 saturated carbocycles. The van der Waals surface area contributed by atoms with E-state index in [1.165, 1.54) is 28.9 Å². The van der Waals surface area contributed by atoms with Crippen molar-refractivity contribution in [1.29, 1.82) is 0 Å². The third kappa shape index (κ3) is 7.16. The van der Waals surface area contributed by atoms with Crippen molar-refractivity contribution < 1.29 is 9.18 Å². The number of halogens is 2. The van der Waals surface area contributed by atoms with Gasteiger partial charge in [-0.15, -0.1) is 0 Å². The molecule has 6 rings (SSSR count). The number of hydrogen-bond acceptors (Lipinski definition) is 8. The number of aromatic nitrogens is 2. The minimum Gasteiger partial charge on any atom is -0.393 e. The van der Waals surface area contributed by atoms with Crippen molar-refractivity contribution in [2.24, 2.45) is 10.7 Å². The molecule has 12 heteroatoms. The first-order valence-electron chi connectivity index (χ1n) is 16.4. The molecule has 10 nitrogen and oxygen atoms in total. The maximum absolute atomic E-state index is 12.8. The number of anilines is 1. The number of fused-ring (bicyclic) bond motifs is 2. The Morgan fingerprint density at radius 1 is 1.22 bits per heavy atom. The van der Waals surface area contributed by atoms with Crippen LogP contribution in [-0.2, 0) is 24.2 Å². The quantitative estimate of drug-likeness (QED) is 0.472. The van der Waals surface area contributed by atoms with Gasteiger partial charge in [-0.25, -0.2) is 9.18 Å². The number of rotatable bonds is 5. The first-order valence-corrected chi connectivity index (χ1v) is 16.7. The number of amides is 1. The van der Waals surface area contributed by atoms with E-state index in [0.29, 0.717) is 50.7 Å². The number of hydrogen-bond donors (Lipinski definition) is 2. The summed E-state index contributed by atoms with van der Waals surface area (Å²) in [6, 6.07) is 8.65. The fourth-order valence-corrected chi connectivity index (χ4v) is 7.57. The number of alkyl halides is 1. The van der Waals surface area contributed by atoms with E-state index >= 15 is 0 Å². The molecule has 3 atom stereocenters. The Balaban J connectivity index is 0.000000350. The average Bonchev–Trinajstić information content (AvgIpc) is 3.39. The second-order valence-corrected chi connectivity index (χ2v) is 13.8. The van der Waals surface area contributed by atoms with E-state index in [2.05, 4.69) is 69.9 Å². The Hall–Kier alpha value is -3.28. The van der Waals surface area contributed by atoms with Crippen molar-refractivity contribution in [1.82, 2.24) is 24.7 Å². The zero-order chi connectivity index (χ0) is 33.2. The lowest BCUT2D eigenvalue weighted by Gasteiger charge is -2.37. The molecule has 1 aromatic heterocycles. The van der Waals surface area contributed by atoms with Crippen LogP contribution in [0.2, 0.25) is 0 Å². The summed E-state index contributed by atoms with van der Waals surface area (Å²) in [5.74, 6) is 0.268. The number of carbonyl (C=O) groups is 1. The van der Waals surface area contributed by atoms with E-state index in [1.807, 2.05) is 4.90 Å². The maximum atomic E-state index is 12.8. The largest absolute Gasteiger partial charge is 0.393 e. The van der Waals surface area contributed by atoms with E-state index in [1.54, 1.807) is 14.1 Å². The second-order valence-electron chi connectivity index (χ2n) is 13.4. The first-order chi connectivity index (χ1) is 21.9. The Kier molecular flexibility index (Phi) is 10.5. The van der Waals surface area contributed by atoms with Crippen LogP contribution in [0.1, 0.15) is 68.0 Å². The summed E-state index contributed by atoms with van der Waals surface area (Å²) >= 11 is 6.54. The van der Waals surface area contributed by atoms with Crippen molar-refractivity contribution >= 4 is 29.0 Å². The molecule has 5 heterocycles. The van der Waals surface area contributed by atoms with Gasteiger partial charge in [0, 0.05) is 69.5 Å². The number of aryl methyl sites for hydroxylation is 1. The summed E-state index contributed by atoms with van der Waals surface area (Å²) in [5.41, 5.74) is 10.9. The number of aliphatic imine (C=N–C) groups is 1. The van der Waals surface area contributed by atoms with E-state index in [-0.39, 0.29) is 33.9 Å². The zero-order valence-electron chi connectivity index (χ0n) is 27.8. The van der Waals surface area contributed by atoms with Gasteiger partial charge in [0.25, 0.3) is 5.91 Å². The normalized spacial score (nSPS) is 25.5. The van der Waals surface area contributed by atoms with Gasteiger partial charge in [-0.2, -0.15) is 4.98 Å². The minimum absolute atomic E-state index is 0.0414. The van der Waals surface area contributed by atoms with E-state index in [0.717, 1.165) is 37.1 Å². The number of aromatic amines is 1. The van der Waals surface area contributed by atoms with Crippen LogP contribution in [0, 0.1) is 0 Å². The van der Waals surface area contributed by atoms with Gasteiger partial charge in [0.15, 0.2) is 0 Å². The number of nitrogens with two attached hydrogens (primary N) is 1. The molecule has 0 spiro atoms. The van der Waals surface area contributed by atoms with Gasteiger partial charge in [0.1, 0.15) is 17.7 Å². The monoisotopic (exact) mass is 654 g/mol. The van der Waals surface area contributed by atoms with Gasteiger partial charge in [0.05, 0.1) is 17.3 Å². The molecule has 0 aliphatic carbocycles. The van der Waals surface area contributed by atoms with Crippen LogP contribution >= 0.6 is 11.6 Å². The molecular weight excluding hydrogens is 607 g/mol. The molecule has 46 heavy (non-hydrogen) atoms. The van der Waals surface area contributed by atoms with E-state index < -0.39 is 6.17 Å². The summed E-state index contributed by atoms with van der Waals surface area (Å²) in [6.07, 6.45) is 5.10.